The van der Waals surface area contributed by atoms with Gasteiger partial charge in [0.15, 0.2) is 12.6 Å². The molecule has 2 saturated heterocycles. The Bertz CT molecular complexity index is 1190. The van der Waals surface area contributed by atoms with E-state index in [1.54, 1.807) is 0 Å². The molecular weight excluding hydrogens is 464 g/mol. The number of para-hydroxylation sites is 2. The normalized spacial score (nSPS) is 18.3. The highest BCUT2D eigenvalue weighted by molar-refractivity contribution is 5.89. The first-order valence-electron chi connectivity index (χ1n) is 13.0. The molecule has 3 aliphatic rings. The van der Waals surface area contributed by atoms with E-state index in [1.165, 1.54) is 22.1 Å². The second kappa shape index (κ2) is 14.4. The number of allylic oxidation sites excluding steroid dienone is 4. The van der Waals surface area contributed by atoms with E-state index >= 15 is 0 Å². The van der Waals surface area contributed by atoms with E-state index in [2.05, 4.69) is 72.7 Å². The van der Waals surface area contributed by atoms with E-state index in [0.717, 1.165) is 50.5 Å². The number of nitrogens with zero attached hydrogens (tertiary/aromatic N) is 1. The molecule has 0 aliphatic carbocycles. The van der Waals surface area contributed by atoms with Crippen molar-refractivity contribution in [3.63, 3.8) is 0 Å². The Hall–Kier alpha value is -3.29. The number of benzene rings is 2. The van der Waals surface area contributed by atoms with Crippen molar-refractivity contribution in [2.45, 2.75) is 39.3 Å². The maximum Gasteiger partial charge on any atom is 0.157 e. The minimum absolute atomic E-state index is 0.0972. The van der Waals surface area contributed by atoms with Crippen LogP contribution < -0.4 is 5.32 Å². The second-order valence-electron chi connectivity index (χ2n) is 8.58. The summed E-state index contributed by atoms with van der Waals surface area (Å²) in [4.78, 5) is 4.40. The maximum absolute atomic E-state index is 5.08. The molecule has 1 aromatic heterocycles. The molecule has 0 spiro atoms. The molecule has 6 heteroatoms. The molecule has 4 heterocycles. The molecule has 0 amide bonds. The number of hydrogen-bond donors (Lipinski definition) is 1. The van der Waals surface area contributed by atoms with E-state index in [-0.39, 0.29) is 12.6 Å². The molecule has 0 bridgehead atoms. The zero-order valence-corrected chi connectivity index (χ0v) is 21.6. The third-order valence-corrected chi connectivity index (χ3v) is 6.02. The molecule has 37 heavy (non-hydrogen) atoms. The van der Waals surface area contributed by atoms with Gasteiger partial charge in [-0.25, -0.2) is 0 Å². The van der Waals surface area contributed by atoms with E-state index in [4.69, 9.17) is 18.9 Å². The van der Waals surface area contributed by atoms with Gasteiger partial charge in [-0.2, -0.15) is 0 Å². The van der Waals surface area contributed by atoms with Gasteiger partial charge in [-0.05, 0) is 48.3 Å². The smallest absolute Gasteiger partial charge is 0.157 e. The minimum atomic E-state index is 0.0972. The van der Waals surface area contributed by atoms with Gasteiger partial charge in [-0.3, -0.25) is 4.98 Å². The van der Waals surface area contributed by atoms with Crippen LogP contribution in [0.4, 0.5) is 5.69 Å². The monoisotopic (exact) mass is 500 g/mol. The molecule has 0 saturated carbocycles. The standard InChI is InChI=1S/C21H16N2.2C5H10O2/c1-3-10-20-18(8-1)16(12-14-22-20)6-5-7-17-13-15-23-21-11-4-2-9-19(17)21;2*1-2-5-6-3-4-7-5/h1-15,22H;2*5H,2-4H2,1H3. The Balaban J connectivity index is 0.000000186. The molecule has 0 unspecified atom stereocenters. The van der Waals surface area contributed by atoms with Crippen molar-refractivity contribution >= 4 is 28.2 Å². The van der Waals surface area contributed by atoms with Gasteiger partial charge in [-0.15, -0.1) is 0 Å². The Kier molecular flexibility index (Phi) is 10.5. The van der Waals surface area contributed by atoms with Crippen LogP contribution in [0, 0.1) is 0 Å². The third-order valence-electron chi connectivity index (χ3n) is 6.02. The summed E-state index contributed by atoms with van der Waals surface area (Å²) in [5, 5.41) is 4.44. The third kappa shape index (κ3) is 7.84. The van der Waals surface area contributed by atoms with Crippen molar-refractivity contribution in [3.05, 3.63) is 96.3 Å². The average Bonchev–Trinajstić information content (AvgIpc) is 3.69. The predicted octanol–water partition coefficient (Wildman–Crippen LogP) is 6.81. The molecule has 1 N–H and O–H groups in total. The SMILES string of the molecule is C(=Cc1ccnc2ccccc12)C=C1C=CNc2ccccc21.CCC1OCCO1.CCC1OCCO1. The highest BCUT2D eigenvalue weighted by Gasteiger charge is 2.12. The van der Waals surface area contributed by atoms with Gasteiger partial charge >= 0.3 is 0 Å². The fourth-order valence-corrected chi connectivity index (χ4v) is 4.12. The van der Waals surface area contributed by atoms with Crippen molar-refractivity contribution in [2.75, 3.05) is 31.7 Å². The van der Waals surface area contributed by atoms with Gasteiger partial charge in [0.25, 0.3) is 0 Å². The summed E-state index contributed by atoms with van der Waals surface area (Å²) < 4.78 is 20.3. The number of nitrogens with one attached hydrogen (secondary N) is 1. The lowest BCUT2D eigenvalue weighted by Gasteiger charge is -2.14. The second-order valence-corrected chi connectivity index (χ2v) is 8.58. The zero-order chi connectivity index (χ0) is 25.7. The number of pyridine rings is 1. The highest BCUT2D eigenvalue weighted by Crippen LogP contribution is 2.28. The van der Waals surface area contributed by atoms with Gasteiger partial charge in [0.2, 0.25) is 0 Å². The lowest BCUT2D eigenvalue weighted by Crippen LogP contribution is -2.03. The quantitative estimate of drug-likeness (QED) is 0.425. The largest absolute Gasteiger partial charge is 0.361 e. The molecule has 2 fully saturated rings. The Morgan fingerprint density at radius 3 is 2.16 bits per heavy atom. The number of fused-ring (bicyclic) bond motifs is 2. The molecule has 6 rings (SSSR count). The van der Waals surface area contributed by atoms with Crippen LogP contribution in [0.3, 0.4) is 0 Å². The number of aromatic nitrogens is 1. The summed E-state index contributed by atoms with van der Waals surface area (Å²) in [7, 11) is 0. The maximum atomic E-state index is 5.08. The minimum Gasteiger partial charge on any atom is -0.361 e. The number of hydrogen-bond acceptors (Lipinski definition) is 6. The van der Waals surface area contributed by atoms with E-state index < -0.39 is 0 Å². The molecule has 6 nitrogen and oxygen atoms in total. The van der Waals surface area contributed by atoms with Gasteiger partial charge < -0.3 is 24.3 Å². The van der Waals surface area contributed by atoms with Crippen LogP contribution in [0.15, 0.2) is 85.2 Å². The lowest BCUT2D eigenvalue weighted by atomic mass is 10.0. The van der Waals surface area contributed by atoms with Crippen LogP contribution in [-0.2, 0) is 18.9 Å². The predicted molar refractivity (Wildman–Crippen MR) is 150 cm³/mol. The van der Waals surface area contributed by atoms with E-state index in [1.807, 2.05) is 42.7 Å². The van der Waals surface area contributed by atoms with Crippen LogP contribution in [-0.4, -0.2) is 44.0 Å². The fourth-order valence-electron chi connectivity index (χ4n) is 4.12. The Morgan fingerprint density at radius 2 is 1.49 bits per heavy atom. The molecular formula is C31H36N2O4. The first-order valence-corrected chi connectivity index (χ1v) is 13.0. The topological polar surface area (TPSA) is 61.8 Å². The summed E-state index contributed by atoms with van der Waals surface area (Å²) in [6.45, 7) is 7.21. The van der Waals surface area contributed by atoms with E-state index in [9.17, 15) is 0 Å². The first-order chi connectivity index (χ1) is 18.3. The molecule has 3 aliphatic heterocycles. The van der Waals surface area contributed by atoms with Crippen LogP contribution in [0.2, 0.25) is 0 Å². The van der Waals surface area contributed by atoms with Crippen molar-refractivity contribution in [3.8, 4) is 0 Å². The van der Waals surface area contributed by atoms with Crippen LogP contribution in [0.5, 0.6) is 0 Å². The summed E-state index contributed by atoms with van der Waals surface area (Å²) in [5.41, 5.74) is 5.77. The molecule has 0 radical (unpaired) electrons. The van der Waals surface area contributed by atoms with Gasteiger partial charge in [0.1, 0.15) is 0 Å². The summed E-state index contributed by atoms with van der Waals surface area (Å²) >= 11 is 0. The molecule has 194 valence electrons. The number of rotatable bonds is 4. The van der Waals surface area contributed by atoms with Crippen molar-refractivity contribution < 1.29 is 18.9 Å². The van der Waals surface area contributed by atoms with Gasteiger partial charge in [-0.1, -0.05) is 68.5 Å². The lowest BCUT2D eigenvalue weighted by molar-refractivity contribution is -0.0432. The summed E-state index contributed by atoms with van der Waals surface area (Å²) in [6, 6.07) is 18.6. The summed E-state index contributed by atoms with van der Waals surface area (Å²) in [6.07, 6.45) is 14.4. The molecule has 0 atom stereocenters. The Morgan fingerprint density at radius 1 is 0.838 bits per heavy atom. The first kappa shape index (κ1) is 26.8. The van der Waals surface area contributed by atoms with Crippen molar-refractivity contribution in [1.82, 2.24) is 4.98 Å². The number of anilines is 1. The Labute approximate surface area is 219 Å². The van der Waals surface area contributed by atoms with E-state index in [0.29, 0.717) is 0 Å². The van der Waals surface area contributed by atoms with Gasteiger partial charge in [0, 0.05) is 29.0 Å². The van der Waals surface area contributed by atoms with Crippen LogP contribution in [0.1, 0.15) is 37.8 Å². The number of ether oxygens (including phenoxy) is 4. The van der Waals surface area contributed by atoms with Crippen molar-refractivity contribution in [2.24, 2.45) is 0 Å². The van der Waals surface area contributed by atoms with Gasteiger partial charge in [0.05, 0.1) is 31.9 Å². The molecule has 2 aromatic carbocycles. The van der Waals surface area contributed by atoms with Crippen LogP contribution in [0.25, 0.3) is 22.6 Å². The highest BCUT2D eigenvalue weighted by atomic mass is 16.7. The van der Waals surface area contributed by atoms with Crippen molar-refractivity contribution in [1.29, 1.82) is 0 Å². The summed E-state index contributed by atoms with van der Waals surface area (Å²) in [5.74, 6) is 0. The van der Waals surface area contributed by atoms with Crippen LogP contribution >= 0.6 is 0 Å². The average molecular weight is 501 g/mol. The zero-order valence-electron chi connectivity index (χ0n) is 21.6. The fraction of sp³-hybridized carbons (Fsp3) is 0.323. The molecule has 3 aromatic rings.